The van der Waals surface area contributed by atoms with E-state index in [0.29, 0.717) is 13.0 Å². The fourth-order valence-electron chi connectivity index (χ4n) is 1.76. The van der Waals surface area contributed by atoms with Crippen LogP contribution in [0.4, 0.5) is 0 Å². The second-order valence-corrected chi connectivity index (χ2v) is 4.03. The summed E-state index contributed by atoms with van der Waals surface area (Å²) in [7, 11) is 0. The van der Waals surface area contributed by atoms with Crippen LogP contribution in [0.15, 0.2) is 36.9 Å². The molecule has 0 aliphatic carbocycles. The molecule has 0 bridgehead atoms. The molecule has 0 aliphatic rings. The lowest BCUT2D eigenvalue weighted by molar-refractivity contribution is 0.0109. The van der Waals surface area contributed by atoms with Gasteiger partial charge in [-0.05, 0) is 24.1 Å². The smallest absolute Gasteiger partial charge is 0.137 e. The molecule has 0 saturated carbocycles. The van der Waals surface area contributed by atoms with E-state index in [-0.39, 0.29) is 5.75 Å². The van der Waals surface area contributed by atoms with Crippen molar-refractivity contribution in [3.05, 3.63) is 42.5 Å². The molecule has 5 nitrogen and oxygen atoms in total. The third-order valence-electron chi connectivity index (χ3n) is 2.88. The molecule has 1 aromatic heterocycles. The van der Waals surface area contributed by atoms with Crippen LogP contribution in [0, 0.1) is 0 Å². The standard InChI is InChI=1S/C12H15N3O2/c1-2-12(17,7-15-9-13-8-14-15)10-3-5-11(16)6-4-10/h3-6,8-9,16-17H,2,7H2,1H3. The molecule has 1 heterocycles. The lowest BCUT2D eigenvalue weighted by Crippen LogP contribution is -2.30. The molecular weight excluding hydrogens is 218 g/mol. The van der Waals surface area contributed by atoms with Crippen molar-refractivity contribution < 1.29 is 10.2 Å². The average molecular weight is 233 g/mol. The van der Waals surface area contributed by atoms with Gasteiger partial charge in [-0.25, -0.2) is 9.67 Å². The zero-order valence-corrected chi connectivity index (χ0v) is 9.61. The molecule has 1 atom stereocenters. The first-order chi connectivity index (χ1) is 8.14. The van der Waals surface area contributed by atoms with E-state index in [2.05, 4.69) is 10.1 Å². The predicted molar refractivity (Wildman–Crippen MR) is 62.3 cm³/mol. The number of phenols is 1. The summed E-state index contributed by atoms with van der Waals surface area (Å²) in [5, 5.41) is 23.8. The maximum atomic E-state index is 10.6. The summed E-state index contributed by atoms with van der Waals surface area (Å²) < 4.78 is 1.59. The van der Waals surface area contributed by atoms with Crippen LogP contribution in [0.5, 0.6) is 5.75 Å². The molecule has 0 radical (unpaired) electrons. The average Bonchev–Trinajstić information content (AvgIpc) is 2.82. The van der Waals surface area contributed by atoms with Gasteiger partial charge in [0.05, 0.1) is 6.54 Å². The van der Waals surface area contributed by atoms with Gasteiger partial charge in [0.15, 0.2) is 0 Å². The van der Waals surface area contributed by atoms with Crippen LogP contribution in [0.3, 0.4) is 0 Å². The van der Waals surface area contributed by atoms with Gasteiger partial charge >= 0.3 is 0 Å². The number of benzene rings is 1. The lowest BCUT2D eigenvalue weighted by Gasteiger charge is -2.27. The zero-order chi connectivity index (χ0) is 12.3. The van der Waals surface area contributed by atoms with E-state index in [9.17, 15) is 10.2 Å². The normalized spacial score (nSPS) is 14.5. The van der Waals surface area contributed by atoms with Crippen LogP contribution in [-0.2, 0) is 12.1 Å². The Bertz CT molecular complexity index is 467. The van der Waals surface area contributed by atoms with E-state index in [1.807, 2.05) is 6.92 Å². The molecule has 0 amide bonds. The molecule has 2 rings (SSSR count). The highest BCUT2D eigenvalue weighted by Gasteiger charge is 2.28. The molecule has 2 aromatic rings. The number of rotatable bonds is 4. The Hall–Kier alpha value is -1.88. The maximum Gasteiger partial charge on any atom is 0.137 e. The largest absolute Gasteiger partial charge is 0.508 e. The van der Waals surface area contributed by atoms with Gasteiger partial charge in [0.2, 0.25) is 0 Å². The van der Waals surface area contributed by atoms with Crippen LogP contribution < -0.4 is 0 Å². The fourth-order valence-corrected chi connectivity index (χ4v) is 1.76. The Balaban J connectivity index is 2.27. The molecule has 17 heavy (non-hydrogen) atoms. The van der Waals surface area contributed by atoms with Gasteiger partial charge < -0.3 is 10.2 Å². The molecule has 0 fully saturated rings. The second-order valence-electron chi connectivity index (χ2n) is 4.03. The topological polar surface area (TPSA) is 71.2 Å². The number of aliphatic hydroxyl groups is 1. The molecule has 1 unspecified atom stereocenters. The molecule has 1 aromatic carbocycles. The van der Waals surface area contributed by atoms with Crippen LogP contribution >= 0.6 is 0 Å². The van der Waals surface area contributed by atoms with Crippen molar-refractivity contribution >= 4 is 0 Å². The van der Waals surface area contributed by atoms with E-state index in [0.717, 1.165) is 5.56 Å². The third-order valence-corrected chi connectivity index (χ3v) is 2.88. The second kappa shape index (κ2) is 4.55. The summed E-state index contributed by atoms with van der Waals surface area (Å²) in [4.78, 5) is 3.85. The summed E-state index contributed by atoms with van der Waals surface area (Å²) in [6.07, 6.45) is 3.56. The van der Waals surface area contributed by atoms with Gasteiger partial charge in [-0.1, -0.05) is 19.1 Å². The van der Waals surface area contributed by atoms with Gasteiger partial charge in [0.1, 0.15) is 24.0 Å². The van der Waals surface area contributed by atoms with Crippen molar-refractivity contribution in [1.29, 1.82) is 0 Å². The first kappa shape index (κ1) is 11.6. The van der Waals surface area contributed by atoms with Gasteiger partial charge in [0.25, 0.3) is 0 Å². The van der Waals surface area contributed by atoms with Crippen molar-refractivity contribution in [1.82, 2.24) is 14.8 Å². The van der Waals surface area contributed by atoms with E-state index in [1.165, 1.54) is 6.33 Å². The van der Waals surface area contributed by atoms with Crippen molar-refractivity contribution in [2.45, 2.75) is 25.5 Å². The number of aromatic hydroxyl groups is 1. The Labute approximate surface area is 99.4 Å². The Morgan fingerprint density at radius 3 is 2.53 bits per heavy atom. The number of nitrogens with zero attached hydrogens (tertiary/aromatic N) is 3. The summed E-state index contributed by atoms with van der Waals surface area (Å²) in [6, 6.07) is 6.57. The highest BCUT2D eigenvalue weighted by molar-refractivity contribution is 5.29. The first-order valence-corrected chi connectivity index (χ1v) is 5.48. The molecule has 90 valence electrons. The molecule has 2 N–H and O–H groups in total. The zero-order valence-electron chi connectivity index (χ0n) is 9.61. The molecule has 0 saturated heterocycles. The Kier molecular flexibility index (Phi) is 3.10. The van der Waals surface area contributed by atoms with Crippen LogP contribution in [0.2, 0.25) is 0 Å². The van der Waals surface area contributed by atoms with E-state index in [4.69, 9.17) is 0 Å². The summed E-state index contributed by atoms with van der Waals surface area (Å²) in [6.45, 7) is 2.25. The maximum absolute atomic E-state index is 10.6. The van der Waals surface area contributed by atoms with Crippen LogP contribution in [0.1, 0.15) is 18.9 Å². The molecule has 0 spiro atoms. The molecular formula is C12H15N3O2. The van der Waals surface area contributed by atoms with E-state index >= 15 is 0 Å². The monoisotopic (exact) mass is 233 g/mol. The molecule has 0 aliphatic heterocycles. The van der Waals surface area contributed by atoms with E-state index in [1.54, 1.807) is 35.3 Å². The van der Waals surface area contributed by atoms with Crippen molar-refractivity contribution in [3.8, 4) is 5.75 Å². The van der Waals surface area contributed by atoms with Crippen molar-refractivity contribution in [2.75, 3.05) is 0 Å². The minimum absolute atomic E-state index is 0.188. The van der Waals surface area contributed by atoms with Crippen molar-refractivity contribution in [2.24, 2.45) is 0 Å². The van der Waals surface area contributed by atoms with Crippen LogP contribution in [0.25, 0.3) is 0 Å². The van der Waals surface area contributed by atoms with Gasteiger partial charge in [0, 0.05) is 0 Å². The van der Waals surface area contributed by atoms with E-state index < -0.39 is 5.60 Å². The van der Waals surface area contributed by atoms with Crippen molar-refractivity contribution in [3.63, 3.8) is 0 Å². The summed E-state index contributed by atoms with van der Waals surface area (Å²) >= 11 is 0. The minimum atomic E-state index is -0.999. The van der Waals surface area contributed by atoms with Gasteiger partial charge in [-0.3, -0.25) is 0 Å². The third kappa shape index (κ3) is 2.45. The highest BCUT2D eigenvalue weighted by Crippen LogP contribution is 2.27. The summed E-state index contributed by atoms with van der Waals surface area (Å²) in [5.74, 6) is 0.188. The predicted octanol–water partition coefficient (Wildman–Crippen LogP) is 1.28. The Morgan fingerprint density at radius 2 is 2.00 bits per heavy atom. The molecule has 5 heteroatoms. The highest BCUT2D eigenvalue weighted by atomic mass is 16.3. The van der Waals surface area contributed by atoms with Gasteiger partial charge in [-0.2, -0.15) is 5.10 Å². The van der Waals surface area contributed by atoms with Crippen LogP contribution in [-0.4, -0.2) is 25.0 Å². The Morgan fingerprint density at radius 1 is 1.29 bits per heavy atom. The number of hydrogen-bond donors (Lipinski definition) is 2. The number of hydrogen-bond acceptors (Lipinski definition) is 4. The summed E-state index contributed by atoms with van der Waals surface area (Å²) in [5.41, 5.74) is -0.241. The minimum Gasteiger partial charge on any atom is -0.508 e. The van der Waals surface area contributed by atoms with Gasteiger partial charge in [-0.15, -0.1) is 0 Å². The quantitative estimate of drug-likeness (QED) is 0.834. The first-order valence-electron chi connectivity index (χ1n) is 5.48. The fraction of sp³-hybridized carbons (Fsp3) is 0.333. The SMILES string of the molecule is CCC(O)(Cn1cncn1)c1ccc(O)cc1. The number of phenolic OH excluding ortho intramolecular Hbond substituents is 1. The number of aromatic nitrogens is 3. The lowest BCUT2D eigenvalue weighted by atomic mass is 9.91.